The lowest BCUT2D eigenvalue weighted by Gasteiger charge is -2.16. The van der Waals surface area contributed by atoms with Gasteiger partial charge in [0.1, 0.15) is 6.33 Å². The molecule has 1 aromatic carbocycles. The Kier molecular flexibility index (Phi) is 6.93. The number of alkyl halides is 6. The lowest BCUT2D eigenvalue weighted by molar-refractivity contribution is -0.143. The maximum Gasteiger partial charge on any atom is 0.416 e. The minimum atomic E-state index is -5.06. The Morgan fingerprint density at radius 3 is 2.03 bits per heavy atom. The van der Waals surface area contributed by atoms with E-state index in [1.54, 1.807) is 6.07 Å². The molecule has 0 aliphatic carbocycles. The van der Waals surface area contributed by atoms with Gasteiger partial charge in [0.15, 0.2) is 5.82 Å². The van der Waals surface area contributed by atoms with Crippen LogP contribution in [0.4, 0.5) is 26.3 Å². The van der Waals surface area contributed by atoms with Gasteiger partial charge in [-0.1, -0.05) is 0 Å². The zero-order valence-corrected chi connectivity index (χ0v) is 16.5. The molecule has 1 amide bonds. The van der Waals surface area contributed by atoms with Crippen LogP contribution in [-0.4, -0.2) is 30.6 Å². The molecular formula is C17H14F6N6OS. The number of hydrogen-bond donors (Lipinski definition) is 1. The van der Waals surface area contributed by atoms with Gasteiger partial charge in [-0.05, 0) is 31.2 Å². The van der Waals surface area contributed by atoms with Crippen molar-refractivity contribution in [3.63, 3.8) is 0 Å². The molecule has 31 heavy (non-hydrogen) atoms. The number of rotatable bonds is 4. The van der Waals surface area contributed by atoms with Gasteiger partial charge < -0.3 is 5.32 Å². The highest BCUT2D eigenvalue weighted by Gasteiger charge is 2.37. The van der Waals surface area contributed by atoms with Crippen LogP contribution in [0.2, 0.25) is 0 Å². The van der Waals surface area contributed by atoms with Crippen LogP contribution < -0.4 is 5.32 Å². The van der Waals surface area contributed by atoms with Crippen LogP contribution in [0.3, 0.4) is 0 Å². The maximum atomic E-state index is 13.0. The van der Waals surface area contributed by atoms with Crippen LogP contribution in [-0.2, 0) is 12.4 Å². The Hall–Kier alpha value is -3.16. The Morgan fingerprint density at radius 1 is 0.968 bits per heavy atom. The molecule has 3 rings (SSSR count). The van der Waals surface area contributed by atoms with Gasteiger partial charge in [-0.3, -0.25) is 4.79 Å². The average Bonchev–Trinajstić information content (AvgIpc) is 3.17. The fourth-order valence-electron chi connectivity index (χ4n) is 2.53. The molecule has 3 aromatic rings. The molecule has 0 unspecified atom stereocenters. The van der Waals surface area contributed by atoms with Gasteiger partial charge in [-0.25, -0.2) is 15.0 Å². The van der Waals surface area contributed by atoms with E-state index >= 15 is 0 Å². The largest absolute Gasteiger partial charge is 0.416 e. The van der Waals surface area contributed by atoms with Crippen molar-refractivity contribution in [2.24, 2.45) is 0 Å². The summed E-state index contributed by atoms with van der Waals surface area (Å²) in [7, 11) is 0. The number of benzene rings is 1. The van der Waals surface area contributed by atoms with Gasteiger partial charge in [0.05, 0.1) is 17.2 Å². The van der Waals surface area contributed by atoms with Crippen molar-refractivity contribution >= 4 is 19.4 Å². The summed E-state index contributed by atoms with van der Waals surface area (Å²) in [6, 6.07) is 1.26. The number of amides is 1. The summed E-state index contributed by atoms with van der Waals surface area (Å²) in [5, 5.41) is 6.23. The Balaban J connectivity index is 0.00000341. The predicted molar refractivity (Wildman–Crippen MR) is 99.7 cm³/mol. The van der Waals surface area contributed by atoms with E-state index in [2.05, 4.69) is 25.4 Å². The highest BCUT2D eigenvalue weighted by Crippen LogP contribution is 2.36. The summed E-state index contributed by atoms with van der Waals surface area (Å²) in [5.74, 6) is -0.912. The highest BCUT2D eigenvalue weighted by molar-refractivity contribution is 7.59. The standard InChI is InChI=1S/C17H12F6N6O.H2S/c1-9(13-26-8-27-29(13)15-24-3-2-4-25-15)28-14(30)10-5-11(16(18,19)20)7-12(6-10)17(21,22)23;/h2-9H,1H3,(H,28,30);1H2/t9-;/m0./s1. The molecule has 0 bridgehead atoms. The van der Waals surface area contributed by atoms with Gasteiger partial charge in [-0.15, -0.1) is 0 Å². The fourth-order valence-corrected chi connectivity index (χ4v) is 2.53. The summed E-state index contributed by atoms with van der Waals surface area (Å²) in [6.07, 6.45) is -6.13. The van der Waals surface area contributed by atoms with E-state index < -0.39 is 41.0 Å². The Labute approximate surface area is 178 Å². The van der Waals surface area contributed by atoms with Crippen molar-refractivity contribution in [2.45, 2.75) is 25.3 Å². The van der Waals surface area contributed by atoms with Crippen molar-refractivity contribution in [2.75, 3.05) is 0 Å². The summed E-state index contributed by atoms with van der Waals surface area (Å²) in [6.45, 7) is 1.43. The second kappa shape index (κ2) is 8.91. The number of nitrogens with one attached hydrogen (secondary N) is 1. The molecule has 2 aromatic heterocycles. The molecule has 166 valence electrons. The minimum Gasteiger partial charge on any atom is -0.342 e. The predicted octanol–water partition coefficient (Wildman–Crippen LogP) is 3.70. The number of aromatic nitrogens is 5. The van der Waals surface area contributed by atoms with E-state index in [1.165, 1.54) is 24.0 Å². The number of nitrogens with zero attached hydrogens (tertiary/aromatic N) is 5. The summed E-state index contributed by atoms with van der Waals surface area (Å²) < 4.78 is 79.1. The normalized spacial score (nSPS) is 12.7. The third-order valence-corrected chi connectivity index (χ3v) is 3.90. The third-order valence-electron chi connectivity index (χ3n) is 3.90. The van der Waals surface area contributed by atoms with Gasteiger partial charge in [0, 0.05) is 18.0 Å². The molecule has 0 saturated heterocycles. The quantitative estimate of drug-likeness (QED) is 0.596. The highest BCUT2D eigenvalue weighted by atomic mass is 32.1. The number of hydrogen-bond acceptors (Lipinski definition) is 5. The van der Waals surface area contributed by atoms with Crippen molar-refractivity contribution < 1.29 is 31.1 Å². The fraction of sp³-hybridized carbons (Fsp3) is 0.235. The molecule has 14 heteroatoms. The Morgan fingerprint density at radius 2 is 1.52 bits per heavy atom. The minimum absolute atomic E-state index is 0. The van der Waals surface area contributed by atoms with E-state index in [0.29, 0.717) is 12.1 Å². The van der Waals surface area contributed by atoms with Crippen LogP contribution in [0.1, 0.15) is 40.3 Å². The first kappa shape index (κ1) is 24.1. The molecule has 0 saturated carbocycles. The maximum absolute atomic E-state index is 13.0. The first-order valence-corrected chi connectivity index (χ1v) is 8.24. The molecular weight excluding hydrogens is 450 g/mol. The van der Waals surface area contributed by atoms with Crippen LogP contribution in [0, 0.1) is 0 Å². The van der Waals surface area contributed by atoms with Crippen LogP contribution >= 0.6 is 13.5 Å². The van der Waals surface area contributed by atoms with Crippen LogP contribution in [0.5, 0.6) is 0 Å². The molecule has 2 heterocycles. The second-order valence-electron chi connectivity index (χ2n) is 6.07. The van der Waals surface area contributed by atoms with E-state index in [0.717, 1.165) is 6.33 Å². The summed E-state index contributed by atoms with van der Waals surface area (Å²) in [5.41, 5.74) is -3.97. The number of carbonyl (C=O) groups is 1. The van der Waals surface area contributed by atoms with Crippen molar-refractivity contribution in [1.29, 1.82) is 0 Å². The molecule has 7 nitrogen and oxygen atoms in total. The molecule has 0 spiro atoms. The Bertz CT molecular complexity index is 1020. The van der Waals surface area contributed by atoms with Gasteiger partial charge in [0.2, 0.25) is 0 Å². The van der Waals surface area contributed by atoms with Crippen molar-refractivity contribution in [3.05, 3.63) is 65.5 Å². The molecule has 0 aliphatic heterocycles. The van der Waals surface area contributed by atoms with Crippen molar-refractivity contribution in [3.8, 4) is 5.95 Å². The van der Waals surface area contributed by atoms with Crippen LogP contribution in [0.15, 0.2) is 43.0 Å². The number of halogens is 6. The van der Waals surface area contributed by atoms with E-state index in [1.807, 2.05) is 0 Å². The first-order valence-electron chi connectivity index (χ1n) is 8.24. The van der Waals surface area contributed by atoms with Gasteiger partial charge in [-0.2, -0.15) is 49.6 Å². The third kappa shape index (κ3) is 5.51. The van der Waals surface area contributed by atoms with E-state index in [9.17, 15) is 31.1 Å². The number of carbonyl (C=O) groups excluding carboxylic acids is 1. The van der Waals surface area contributed by atoms with Crippen molar-refractivity contribution in [1.82, 2.24) is 30.0 Å². The monoisotopic (exact) mass is 464 g/mol. The molecule has 1 N–H and O–H groups in total. The first-order chi connectivity index (χ1) is 14.0. The molecule has 1 atom stereocenters. The van der Waals surface area contributed by atoms with Crippen LogP contribution in [0.25, 0.3) is 5.95 Å². The average molecular weight is 464 g/mol. The zero-order chi connectivity index (χ0) is 22.1. The summed E-state index contributed by atoms with van der Waals surface area (Å²) >= 11 is 0. The van der Waals surface area contributed by atoms with E-state index in [-0.39, 0.29) is 31.3 Å². The SMILES string of the molecule is C[C@H](NC(=O)c1cc(C(F)(F)F)cc(C(F)(F)F)c1)c1ncnn1-c1ncccn1.S. The van der Waals surface area contributed by atoms with Gasteiger partial charge in [0.25, 0.3) is 11.9 Å². The van der Waals surface area contributed by atoms with Gasteiger partial charge >= 0.3 is 12.4 Å². The lowest BCUT2D eigenvalue weighted by Crippen LogP contribution is -2.29. The van der Waals surface area contributed by atoms with E-state index in [4.69, 9.17) is 0 Å². The molecule has 0 fully saturated rings. The summed E-state index contributed by atoms with van der Waals surface area (Å²) in [4.78, 5) is 24.3. The topological polar surface area (TPSA) is 85.6 Å². The smallest absolute Gasteiger partial charge is 0.342 e. The lowest BCUT2D eigenvalue weighted by atomic mass is 10.0. The second-order valence-corrected chi connectivity index (χ2v) is 6.07. The molecule has 0 aliphatic rings. The zero-order valence-electron chi connectivity index (χ0n) is 15.5. The molecule has 0 radical (unpaired) electrons.